The Bertz CT molecular complexity index is 488. The number of aromatic nitrogens is 2. The number of β-amino-alcohol motifs (C(OH)–C–C–N with tert-alkyl or cyclic N) is 1. The molecule has 2 rings (SSSR count). The number of rotatable bonds is 5. The topological polar surface area (TPSA) is 73.6 Å². The fraction of sp³-hybridized carbons (Fsp3) is 0.733. The lowest BCUT2D eigenvalue weighted by Crippen LogP contribution is -2.38. The number of hydrogen-bond donors (Lipinski definition) is 2. The maximum atomic E-state index is 12.1. The second-order valence-corrected chi connectivity index (χ2v) is 6.49. The number of amides is 1. The third kappa shape index (κ3) is 5.40. The van der Waals surface area contributed by atoms with E-state index in [0.717, 1.165) is 19.6 Å². The molecule has 1 aromatic heterocycles. The Morgan fingerprint density at radius 2 is 2.09 bits per heavy atom. The summed E-state index contributed by atoms with van der Waals surface area (Å²) in [5, 5.41) is 17.0. The zero-order valence-corrected chi connectivity index (χ0v) is 13.7. The van der Waals surface area contributed by atoms with E-state index in [0.29, 0.717) is 31.2 Å². The summed E-state index contributed by atoms with van der Waals surface area (Å²) in [7, 11) is 1.81. The molecule has 1 amide bonds. The number of aliphatic hydroxyl groups is 1. The Labute approximate surface area is 131 Å². The second-order valence-electron chi connectivity index (χ2n) is 6.49. The molecule has 2 N–H and O–H groups in total. The fourth-order valence-corrected chi connectivity index (χ4v) is 2.83. The summed E-state index contributed by atoms with van der Waals surface area (Å²) in [6.45, 7) is 8.52. The van der Waals surface area contributed by atoms with E-state index in [-0.39, 0.29) is 5.91 Å². The van der Waals surface area contributed by atoms with E-state index < -0.39 is 6.10 Å². The molecule has 0 aliphatic carbocycles. The first-order valence-corrected chi connectivity index (χ1v) is 7.83. The lowest BCUT2D eigenvalue weighted by molar-refractivity contribution is -0.117. The van der Waals surface area contributed by atoms with Crippen molar-refractivity contribution in [2.45, 2.75) is 20.0 Å². The van der Waals surface area contributed by atoms with Crippen LogP contribution in [0.3, 0.4) is 0 Å². The van der Waals surface area contributed by atoms with Crippen LogP contribution < -0.4 is 5.32 Å². The number of aliphatic hydroxyl groups excluding tert-OH is 1. The van der Waals surface area contributed by atoms with Crippen molar-refractivity contribution in [3.63, 3.8) is 0 Å². The monoisotopic (exact) mass is 309 g/mol. The van der Waals surface area contributed by atoms with Gasteiger partial charge >= 0.3 is 0 Å². The first kappa shape index (κ1) is 16.9. The Kier molecular flexibility index (Phi) is 5.93. The Balaban J connectivity index is 1.83. The van der Waals surface area contributed by atoms with Crippen molar-refractivity contribution in [2.24, 2.45) is 13.0 Å². The van der Waals surface area contributed by atoms with Gasteiger partial charge in [-0.2, -0.15) is 5.10 Å². The maximum absolute atomic E-state index is 12.1. The van der Waals surface area contributed by atoms with Gasteiger partial charge in [-0.25, -0.2) is 0 Å². The number of nitrogens with zero attached hydrogens (tertiary/aromatic N) is 4. The third-order valence-corrected chi connectivity index (χ3v) is 3.65. The van der Waals surface area contributed by atoms with E-state index in [2.05, 4.69) is 29.2 Å². The van der Waals surface area contributed by atoms with Crippen molar-refractivity contribution in [2.75, 3.05) is 44.6 Å². The molecule has 1 saturated heterocycles. The summed E-state index contributed by atoms with van der Waals surface area (Å²) < 4.78 is 1.65. The fourth-order valence-electron chi connectivity index (χ4n) is 2.83. The molecule has 124 valence electrons. The second kappa shape index (κ2) is 7.71. The molecule has 7 heteroatoms. The number of anilines is 1. The Morgan fingerprint density at radius 3 is 2.73 bits per heavy atom. The zero-order chi connectivity index (χ0) is 16.1. The number of nitrogens with one attached hydrogen (secondary N) is 1. The molecule has 0 spiro atoms. The largest absolute Gasteiger partial charge is 0.390 e. The minimum absolute atomic E-state index is 0.0718. The van der Waals surface area contributed by atoms with Gasteiger partial charge in [0.1, 0.15) is 0 Å². The van der Waals surface area contributed by atoms with Crippen molar-refractivity contribution < 1.29 is 9.90 Å². The zero-order valence-electron chi connectivity index (χ0n) is 13.7. The van der Waals surface area contributed by atoms with Gasteiger partial charge in [0, 0.05) is 46.0 Å². The van der Waals surface area contributed by atoms with Crippen LogP contribution in [0.25, 0.3) is 0 Å². The van der Waals surface area contributed by atoms with E-state index in [9.17, 15) is 9.90 Å². The van der Waals surface area contributed by atoms with Gasteiger partial charge in [-0.15, -0.1) is 0 Å². The van der Waals surface area contributed by atoms with Crippen LogP contribution in [0.15, 0.2) is 12.4 Å². The molecule has 0 unspecified atom stereocenters. The highest BCUT2D eigenvalue weighted by molar-refractivity contribution is 5.91. The normalized spacial score (nSPS) is 21.0. The predicted molar refractivity (Wildman–Crippen MR) is 85.6 cm³/mol. The third-order valence-electron chi connectivity index (χ3n) is 3.65. The molecule has 0 aromatic carbocycles. The molecule has 22 heavy (non-hydrogen) atoms. The van der Waals surface area contributed by atoms with Crippen molar-refractivity contribution in [3.8, 4) is 0 Å². The van der Waals surface area contributed by atoms with Crippen LogP contribution in [-0.2, 0) is 11.8 Å². The molecule has 0 saturated carbocycles. The molecular formula is C15H27N5O2. The Hall–Kier alpha value is -1.44. The molecule has 1 aromatic rings. The maximum Gasteiger partial charge on any atom is 0.238 e. The molecule has 2 heterocycles. The molecule has 0 radical (unpaired) electrons. The first-order valence-electron chi connectivity index (χ1n) is 7.83. The van der Waals surface area contributed by atoms with Gasteiger partial charge in [-0.05, 0) is 5.92 Å². The summed E-state index contributed by atoms with van der Waals surface area (Å²) >= 11 is 0. The average Bonchev–Trinajstić information content (AvgIpc) is 2.71. The summed E-state index contributed by atoms with van der Waals surface area (Å²) in [5.74, 6) is 0.505. The van der Waals surface area contributed by atoms with Gasteiger partial charge in [0.25, 0.3) is 0 Å². The van der Waals surface area contributed by atoms with E-state index in [1.165, 1.54) is 0 Å². The van der Waals surface area contributed by atoms with Crippen LogP contribution in [0.4, 0.5) is 5.69 Å². The summed E-state index contributed by atoms with van der Waals surface area (Å²) in [4.78, 5) is 16.4. The van der Waals surface area contributed by atoms with Gasteiger partial charge in [0.15, 0.2) is 0 Å². The number of carbonyl (C=O) groups is 1. The molecule has 1 aliphatic heterocycles. The molecule has 1 aliphatic rings. The van der Waals surface area contributed by atoms with Crippen LogP contribution in [-0.4, -0.2) is 76.0 Å². The first-order chi connectivity index (χ1) is 10.4. The molecule has 7 nitrogen and oxygen atoms in total. The summed E-state index contributed by atoms with van der Waals surface area (Å²) in [5.41, 5.74) is 0.698. The van der Waals surface area contributed by atoms with Crippen LogP contribution in [0.2, 0.25) is 0 Å². The van der Waals surface area contributed by atoms with E-state index >= 15 is 0 Å². The van der Waals surface area contributed by atoms with Crippen molar-refractivity contribution in [1.82, 2.24) is 19.6 Å². The number of hydrogen-bond acceptors (Lipinski definition) is 5. The predicted octanol–water partition coefficient (Wildman–Crippen LogP) is -0.00690. The van der Waals surface area contributed by atoms with Crippen LogP contribution >= 0.6 is 0 Å². The van der Waals surface area contributed by atoms with Crippen molar-refractivity contribution in [1.29, 1.82) is 0 Å². The molecule has 1 fully saturated rings. The highest BCUT2D eigenvalue weighted by Gasteiger charge is 2.23. The SMILES string of the molecule is CC(C)CN1CCN(CC(=O)Nc2cnn(C)c2)C[C@H](O)C1. The van der Waals surface area contributed by atoms with Crippen molar-refractivity contribution >= 4 is 11.6 Å². The van der Waals surface area contributed by atoms with E-state index in [1.807, 2.05) is 11.9 Å². The standard InChI is InChI=1S/C15H27N5O2/c1-12(2)7-19-4-5-20(10-14(21)9-19)11-15(22)17-13-6-16-18(3)8-13/h6,8,12,14,21H,4-5,7,9-11H2,1-3H3,(H,17,22)/t14-/m1/s1. The minimum atomic E-state index is -0.410. The average molecular weight is 309 g/mol. The van der Waals surface area contributed by atoms with E-state index in [4.69, 9.17) is 0 Å². The van der Waals surface area contributed by atoms with Gasteiger partial charge in [0.05, 0.1) is 24.5 Å². The van der Waals surface area contributed by atoms with Crippen LogP contribution in [0.1, 0.15) is 13.8 Å². The van der Waals surface area contributed by atoms with Gasteiger partial charge in [0.2, 0.25) is 5.91 Å². The highest BCUT2D eigenvalue weighted by atomic mass is 16.3. The molecule has 0 bridgehead atoms. The van der Waals surface area contributed by atoms with Crippen molar-refractivity contribution in [3.05, 3.63) is 12.4 Å². The van der Waals surface area contributed by atoms with Crippen LogP contribution in [0, 0.1) is 5.92 Å². The lowest BCUT2D eigenvalue weighted by Gasteiger charge is -2.23. The summed E-state index contributed by atoms with van der Waals surface area (Å²) in [6.07, 6.45) is 2.98. The number of carbonyl (C=O) groups excluding carboxylic acids is 1. The lowest BCUT2D eigenvalue weighted by atomic mass is 10.2. The smallest absolute Gasteiger partial charge is 0.238 e. The van der Waals surface area contributed by atoms with Crippen LogP contribution in [0.5, 0.6) is 0 Å². The van der Waals surface area contributed by atoms with Gasteiger partial charge in [-0.1, -0.05) is 13.8 Å². The molecular weight excluding hydrogens is 282 g/mol. The molecule has 1 atom stereocenters. The van der Waals surface area contributed by atoms with Gasteiger partial charge in [-0.3, -0.25) is 19.3 Å². The van der Waals surface area contributed by atoms with E-state index in [1.54, 1.807) is 17.1 Å². The minimum Gasteiger partial charge on any atom is -0.390 e. The highest BCUT2D eigenvalue weighted by Crippen LogP contribution is 2.08. The Morgan fingerprint density at radius 1 is 1.41 bits per heavy atom. The quantitative estimate of drug-likeness (QED) is 0.800. The van der Waals surface area contributed by atoms with Gasteiger partial charge < -0.3 is 10.4 Å². The summed E-state index contributed by atoms with van der Waals surface area (Å²) in [6, 6.07) is 0. The number of aryl methyl sites for hydroxylation is 1.